The number of rotatable bonds is 4. The maximum atomic E-state index is 13.6. The first-order valence-corrected chi connectivity index (χ1v) is 8.62. The van der Waals surface area contributed by atoms with Crippen LogP contribution in [0.1, 0.15) is 36.0 Å². The Kier molecular flexibility index (Phi) is 4.91. The highest BCUT2D eigenvalue weighted by Crippen LogP contribution is 2.32. The molecular formula is C17H19FN2O2S. The molecule has 122 valence electrons. The minimum atomic E-state index is -0.453. The summed E-state index contributed by atoms with van der Waals surface area (Å²) in [6, 6.07) is 6.14. The Bertz CT molecular complexity index is 689. The van der Waals surface area contributed by atoms with E-state index in [1.54, 1.807) is 23.5 Å². The Morgan fingerprint density at radius 1 is 1.43 bits per heavy atom. The van der Waals surface area contributed by atoms with Gasteiger partial charge in [-0.1, -0.05) is 12.1 Å². The number of carbonyl (C=O) groups excluding carboxylic acids is 1. The lowest BCUT2D eigenvalue weighted by Gasteiger charge is -2.34. The van der Waals surface area contributed by atoms with Crippen molar-refractivity contribution in [3.05, 3.63) is 46.2 Å². The van der Waals surface area contributed by atoms with Gasteiger partial charge < -0.3 is 9.64 Å². The van der Waals surface area contributed by atoms with Gasteiger partial charge in [0, 0.05) is 17.6 Å². The van der Waals surface area contributed by atoms with Gasteiger partial charge in [0.1, 0.15) is 5.01 Å². The van der Waals surface area contributed by atoms with Crippen molar-refractivity contribution in [1.29, 1.82) is 0 Å². The molecule has 2 heterocycles. The van der Waals surface area contributed by atoms with E-state index in [-0.39, 0.29) is 24.3 Å². The topological polar surface area (TPSA) is 42.4 Å². The molecule has 1 aromatic heterocycles. The number of likely N-dealkylation sites (tertiary alicyclic amines) is 1. The zero-order valence-electron chi connectivity index (χ0n) is 13.0. The fourth-order valence-electron chi connectivity index (χ4n) is 2.80. The number of aromatic nitrogens is 1. The summed E-state index contributed by atoms with van der Waals surface area (Å²) in [5, 5.41) is 2.98. The molecule has 4 nitrogen and oxygen atoms in total. The molecule has 0 unspecified atom stereocenters. The predicted octanol–water partition coefficient (Wildman–Crippen LogP) is 3.72. The zero-order chi connectivity index (χ0) is 16.2. The molecule has 1 aliphatic rings. The molecule has 2 aromatic rings. The van der Waals surface area contributed by atoms with E-state index in [1.807, 2.05) is 17.2 Å². The molecule has 0 radical (unpaired) electrons. The number of amides is 1. The summed E-state index contributed by atoms with van der Waals surface area (Å²) < 4.78 is 18.9. The van der Waals surface area contributed by atoms with Crippen LogP contribution in [0, 0.1) is 12.7 Å². The summed E-state index contributed by atoms with van der Waals surface area (Å²) in [4.78, 5) is 18.9. The van der Waals surface area contributed by atoms with Crippen LogP contribution < -0.4 is 4.74 Å². The number of halogens is 1. The number of aryl methyl sites for hydroxylation is 1. The van der Waals surface area contributed by atoms with Gasteiger partial charge >= 0.3 is 0 Å². The average Bonchev–Trinajstić information content (AvgIpc) is 3.00. The molecular weight excluding hydrogens is 315 g/mol. The van der Waals surface area contributed by atoms with Crippen molar-refractivity contribution < 1.29 is 13.9 Å². The number of nitrogens with zero attached hydrogens (tertiary/aromatic N) is 2. The van der Waals surface area contributed by atoms with E-state index in [2.05, 4.69) is 4.98 Å². The van der Waals surface area contributed by atoms with Crippen LogP contribution in [0.25, 0.3) is 0 Å². The largest absolute Gasteiger partial charge is 0.481 e. The van der Waals surface area contributed by atoms with Gasteiger partial charge in [0.15, 0.2) is 18.2 Å². The van der Waals surface area contributed by atoms with Crippen LogP contribution in [0.3, 0.4) is 0 Å². The number of benzene rings is 1. The SMILES string of the molecule is Cc1csc([C@@H]2CCCCN2C(=O)COc2ccccc2F)n1. The van der Waals surface area contributed by atoms with Crippen molar-refractivity contribution in [3.8, 4) is 5.75 Å². The number of piperidine rings is 1. The molecule has 1 fully saturated rings. The fraction of sp³-hybridized carbons (Fsp3) is 0.412. The lowest BCUT2D eigenvalue weighted by molar-refractivity contribution is -0.137. The Balaban J connectivity index is 1.68. The van der Waals surface area contributed by atoms with E-state index in [9.17, 15) is 9.18 Å². The van der Waals surface area contributed by atoms with E-state index >= 15 is 0 Å². The fourth-order valence-corrected chi connectivity index (χ4v) is 3.74. The minimum absolute atomic E-state index is 0.0131. The lowest BCUT2D eigenvalue weighted by atomic mass is 10.0. The van der Waals surface area contributed by atoms with Crippen LogP contribution in [-0.2, 0) is 4.79 Å². The summed E-state index contributed by atoms with van der Waals surface area (Å²) in [5.41, 5.74) is 0.977. The van der Waals surface area contributed by atoms with E-state index in [1.165, 1.54) is 12.1 Å². The smallest absolute Gasteiger partial charge is 0.261 e. The Labute approximate surface area is 138 Å². The molecule has 23 heavy (non-hydrogen) atoms. The standard InChI is InChI=1S/C17H19FN2O2S/c1-12-11-23-17(19-12)14-7-4-5-9-20(14)16(21)10-22-15-8-3-2-6-13(15)18/h2-3,6,8,11,14H,4-5,7,9-10H2,1H3/t14-/m0/s1. The lowest BCUT2D eigenvalue weighted by Crippen LogP contribution is -2.41. The van der Waals surface area contributed by atoms with E-state index in [0.717, 1.165) is 30.0 Å². The zero-order valence-corrected chi connectivity index (χ0v) is 13.8. The van der Waals surface area contributed by atoms with Gasteiger partial charge in [-0.05, 0) is 38.3 Å². The average molecular weight is 334 g/mol. The van der Waals surface area contributed by atoms with Crippen LogP contribution >= 0.6 is 11.3 Å². The predicted molar refractivity (Wildman–Crippen MR) is 87.1 cm³/mol. The molecule has 1 saturated heterocycles. The number of carbonyl (C=O) groups is 1. The first-order chi connectivity index (χ1) is 11.1. The second-order valence-electron chi connectivity index (χ2n) is 5.64. The normalized spacial score (nSPS) is 18.0. The Morgan fingerprint density at radius 3 is 3.00 bits per heavy atom. The number of ether oxygens (including phenoxy) is 1. The molecule has 0 spiro atoms. The monoisotopic (exact) mass is 334 g/mol. The molecule has 1 amide bonds. The van der Waals surface area contributed by atoms with Gasteiger partial charge in [0.2, 0.25) is 0 Å². The first kappa shape index (κ1) is 15.9. The van der Waals surface area contributed by atoms with Crippen molar-refractivity contribution in [1.82, 2.24) is 9.88 Å². The van der Waals surface area contributed by atoms with Crippen molar-refractivity contribution >= 4 is 17.2 Å². The van der Waals surface area contributed by atoms with Gasteiger partial charge in [0.05, 0.1) is 6.04 Å². The maximum Gasteiger partial charge on any atom is 0.261 e. The van der Waals surface area contributed by atoms with Gasteiger partial charge in [-0.15, -0.1) is 11.3 Å². The quantitative estimate of drug-likeness (QED) is 0.856. The van der Waals surface area contributed by atoms with Crippen molar-refractivity contribution in [2.24, 2.45) is 0 Å². The van der Waals surface area contributed by atoms with Crippen molar-refractivity contribution in [3.63, 3.8) is 0 Å². The highest BCUT2D eigenvalue weighted by molar-refractivity contribution is 7.09. The molecule has 0 saturated carbocycles. The molecule has 1 aromatic carbocycles. The van der Waals surface area contributed by atoms with E-state index in [0.29, 0.717) is 6.54 Å². The highest BCUT2D eigenvalue weighted by atomic mass is 32.1. The van der Waals surface area contributed by atoms with Crippen LogP contribution in [0.2, 0.25) is 0 Å². The summed E-state index contributed by atoms with van der Waals surface area (Å²) in [6.07, 6.45) is 2.98. The van der Waals surface area contributed by atoms with Gasteiger partial charge in [-0.25, -0.2) is 9.37 Å². The molecule has 0 bridgehead atoms. The van der Waals surface area contributed by atoms with Crippen LogP contribution in [0.5, 0.6) is 5.75 Å². The van der Waals surface area contributed by atoms with Crippen molar-refractivity contribution in [2.45, 2.75) is 32.2 Å². The van der Waals surface area contributed by atoms with E-state index < -0.39 is 5.82 Å². The Hall–Kier alpha value is -1.95. The van der Waals surface area contributed by atoms with Crippen molar-refractivity contribution in [2.75, 3.05) is 13.2 Å². The second kappa shape index (κ2) is 7.08. The Morgan fingerprint density at radius 2 is 2.26 bits per heavy atom. The maximum absolute atomic E-state index is 13.6. The highest BCUT2D eigenvalue weighted by Gasteiger charge is 2.30. The van der Waals surface area contributed by atoms with Crippen LogP contribution in [0.15, 0.2) is 29.6 Å². The van der Waals surface area contributed by atoms with Crippen LogP contribution in [-0.4, -0.2) is 28.9 Å². The van der Waals surface area contributed by atoms with Gasteiger partial charge in [-0.3, -0.25) is 4.79 Å². The first-order valence-electron chi connectivity index (χ1n) is 7.74. The van der Waals surface area contributed by atoms with Crippen LogP contribution in [0.4, 0.5) is 4.39 Å². The third-order valence-corrected chi connectivity index (χ3v) is 5.00. The molecule has 6 heteroatoms. The number of thiazole rings is 1. The van der Waals surface area contributed by atoms with E-state index in [4.69, 9.17) is 4.74 Å². The van der Waals surface area contributed by atoms with Gasteiger partial charge in [-0.2, -0.15) is 0 Å². The van der Waals surface area contributed by atoms with Gasteiger partial charge in [0.25, 0.3) is 5.91 Å². The molecule has 3 rings (SSSR count). The molecule has 0 N–H and O–H groups in total. The summed E-state index contributed by atoms with van der Waals surface area (Å²) in [5.74, 6) is -0.462. The minimum Gasteiger partial charge on any atom is -0.481 e. The molecule has 1 aliphatic heterocycles. The summed E-state index contributed by atoms with van der Waals surface area (Å²) in [6.45, 7) is 2.50. The number of hydrogen-bond donors (Lipinski definition) is 0. The second-order valence-corrected chi connectivity index (χ2v) is 6.53. The summed E-state index contributed by atoms with van der Waals surface area (Å²) in [7, 11) is 0. The summed E-state index contributed by atoms with van der Waals surface area (Å²) >= 11 is 1.59. The number of hydrogen-bond acceptors (Lipinski definition) is 4. The number of para-hydroxylation sites is 1. The third kappa shape index (κ3) is 3.69. The molecule has 0 aliphatic carbocycles. The molecule has 1 atom stereocenters. The third-order valence-electron chi connectivity index (χ3n) is 3.93.